The summed E-state index contributed by atoms with van der Waals surface area (Å²) in [5.74, 6) is 0.786. The van der Waals surface area contributed by atoms with Gasteiger partial charge >= 0.3 is 6.61 Å². The van der Waals surface area contributed by atoms with Gasteiger partial charge in [-0.3, -0.25) is 0 Å². The van der Waals surface area contributed by atoms with Crippen LogP contribution in [-0.2, 0) is 0 Å². The Morgan fingerprint density at radius 1 is 0.967 bits per heavy atom. The highest BCUT2D eigenvalue weighted by atomic mass is 35.5. The van der Waals surface area contributed by atoms with Gasteiger partial charge in [0.2, 0.25) is 6.23 Å². The van der Waals surface area contributed by atoms with Crippen molar-refractivity contribution < 1.29 is 18.3 Å². The lowest BCUT2D eigenvalue weighted by molar-refractivity contribution is -0.0578. The summed E-state index contributed by atoms with van der Waals surface area (Å²) in [5.41, 5.74) is 3.35. The van der Waals surface area contributed by atoms with Crippen LogP contribution in [0.4, 0.5) is 8.78 Å². The molecular formula is C23H17ClF2N2O2. The number of alkyl halides is 2. The lowest BCUT2D eigenvalue weighted by Crippen LogP contribution is -2.34. The van der Waals surface area contributed by atoms with Crippen molar-refractivity contribution in [2.75, 3.05) is 0 Å². The van der Waals surface area contributed by atoms with E-state index in [1.807, 2.05) is 53.5 Å². The fraction of sp³-hybridized carbons (Fsp3) is 0.174. The number of para-hydroxylation sites is 2. The summed E-state index contributed by atoms with van der Waals surface area (Å²) in [6.45, 7) is -2.93. The zero-order valence-corrected chi connectivity index (χ0v) is 16.5. The van der Waals surface area contributed by atoms with Gasteiger partial charge in [-0.15, -0.1) is 0 Å². The second-order valence-electron chi connectivity index (χ2n) is 7.08. The number of halogens is 3. The number of ether oxygens (including phenoxy) is 2. The Morgan fingerprint density at radius 2 is 1.67 bits per heavy atom. The van der Waals surface area contributed by atoms with Gasteiger partial charge in [-0.1, -0.05) is 54.1 Å². The van der Waals surface area contributed by atoms with E-state index in [-0.39, 0.29) is 11.8 Å². The van der Waals surface area contributed by atoms with Crippen molar-refractivity contribution in [2.24, 2.45) is 5.10 Å². The highest BCUT2D eigenvalue weighted by Gasteiger charge is 2.41. The van der Waals surface area contributed by atoms with Gasteiger partial charge in [0.25, 0.3) is 0 Å². The third-order valence-corrected chi connectivity index (χ3v) is 5.53. The van der Waals surface area contributed by atoms with Crippen LogP contribution < -0.4 is 9.47 Å². The van der Waals surface area contributed by atoms with E-state index in [4.69, 9.17) is 26.2 Å². The SMILES string of the molecule is FC(F)Oc1ccccc1[C@H]1Oc2ccccc2[C@@H]2CC(c3ccc(Cl)cc3)=NN12. The van der Waals surface area contributed by atoms with Crippen LogP contribution in [0.1, 0.15) is 35.4 Å². The van der Waals surface area contributed by atoms with Gasteiger partial charge in [0.15, 0.2) is 0 Å². The zero-order chi connectivity index (χ0) is 20.7. The van der Waals surface area contributed by atoms with E-state index in [0.717, 1.165) is 16.8 Å². The van der Waals surface area contributed by atoms with Gasteiger partial charge in [0, 0.05) is 17.0 Å². The van der Waals surface area contributed by atoms with E-state index in [9.17, 15) is 8.78 Å². The summed E-state index contributed by atoms with van der Waals surface area (Å²) in [6, 6.07) is 21.8. The fourth-order valence-electron chi connectivity index (χ4n) is 3.94. The Labute approximate surface area is 177 Å². The van der Waals surface area contributed by atoms with Gasteiger partial charge < -0.3 is 9.47 Å². The van der Waals surface area contributed by atoms with Crippen LogP contribution in [0, 0.1) is 0 Å². The molecule has 0 unspecified atom stereocenters. The first-order valence-electron chi connectivity index (χ1n) is 9.51. The van der Waals surface area contributed by atoms with E-state index in [1.165, 1.54) is 6.07 Å². The number of nitrogens with zero attached hydrogens (tertiary/aromatic N) is 2. The minimum Gasteiger partial charge on any atom is -0.464 e. The van der Waals surface area contributed by atoms with Crippen LogP contribution >= 0.6 is 11.6 Å². The van der Waals surface area contributed by atoms with Crippen molar-refractivity contribution >= 4 is 17.3 Å². The summed E-state index contributed by atoms with van der Waals surface area (Å²) in [5, 5.41) is 7.31. The lowest BCUT2D eigenvalue weighted by Gasteiger charge is -2.38. The molecule has 2 aliphatic heterocycles. The van der Waals surface area contributed by atoms with E-state index in [2.05, 4.69) is 0 Å². The maximum Gasteiger partial charge on any atom is 0.387 e. The number of hydrazone groups is 1. The summed E-state index contributed by atoms with van der Waals surface area (Å²) in [6.07, 6.45) is -0.0271. The van der Waals surface area contributed by atoms with Gasteiger partial charge in [-0.2, -0.15) is 13.9 Å². The van der Waals surface area contributed by atoms with Crippen molar-refractivity contribution in [3.63, 3.8) is 0 Å². The molecule has 0 aliphatic carbocycles. The molecule has 2 atom stereocenters. The first-order valence-corrected chi connectivity index (χ1v) is 9.89. The van der Waals surface area contributed by atoms with E-state index < -0.39 is 12.8 Å². The van der Waals surface area contributed by atoms with Crippen molar-refractivity contribution in [3.8, 4) is 11.5 Å². The number of hydrogen-bond acceptors (Lipinski definition) is 4. The Morgan fingerprint density at radius 3 is 2.43 bits per heavy atom. The number of fused-ring (bicyclic) bond motifs is 3. The molecule has 0 spiro atoms. The standard InChI is InChI=1S/C23H17ClF2N2O2/c24-15-11-9-14(10-12-15)18-13-19-16-5-1-3-7-20(16)29-22(28(19)27-18)17-6-2-4-8-21(17)30-23(25)26/h1-12,19,22-23H,13H2/t19-,22+/m0/s1. The average Bonchev–Trinajstić information content (AvgIpc) is 3.19. The van der Waals surface area contributed by atoms with Gasteiger partial charge in [0.1, 0.15) is 11.5 Å². The van der Waals surface area contributed by atoms with Gasteiger partial charge in [-0.05, 0) is 35.9 Å². The molecule has 2 heterocycles. The fourth-order valence-corrected chi connectivity index (χ4v) is 4.07. The molecule has 0 N–H and O–H groups in total. The molecule has 4 nitrogen and oxygen atoms in total. The Balaban J connectivity index is 1.59. The van der Waals surface area contributed by atoms with Crippen molar-refractivity contribution in [1.29, 1.82) is 0 Å². The Bertz CT molecular complexity index is 1100. The van der Waals surface area contributed by atoms with Crippen LogP contribution in [0.25, 0.3) is 0 Å². The Kier molecular flexibility index (Phi) is 4.79. The topological polar surface area (TPSA) is 34.1 Å². The summed E-state index contributed by atoms with van der Waals surface area (Å²) >= 11 is 6.02. The number of hydrogen-bond donors (Lipinski definition) is 0. The van der Waals surface area contributed by atoms with Crippen molar-refractivity contribution in [1.82, 2.24) is 5.01 Å². The largest absolute Gasteiger partial charge is 0.464 e. The molecule has 0 saturated heterocycles. The van der Waals surface area contributed by atoms with Crippen LogP contribution in [-0.4, -0.2) is 17.3 Å². The maximum atomic E-state index is 13.0. The molecule has 0 saturated carbocycles. The normalized spacial score (nSPS) is 19.7. The van der Waals surface area contributed by atoms with E-state index in [0.29, 0.717) is 22.8 Å². The third kappa shape index (κ3) is 3.37. The molecule has 2 aliphatic rings. The average molecular weight is 427 g/mol. The van der Waals surface area contributed by atoms with Crippen LogP contribution in [0.2, 0.25) is 5.02 Å². The van der Waals surface area contributed by atoms with Crippen molar-refractivity contribution in [3.05, 3.63) is 94.5 Å². The molecule has 0 bridgehead atoms. The second kappa shape index (κ2) is 7.61. The molecule has 0 fully saturated rings. The van der Waals surface area contributed by atoms with Crippen LogP contribution in [0.5, 0.6) is 11.5 Å². The summed E-state index contributed by atoms with van der Waals surface area (Å²) in [4.78, 5) is 0. The second-order valence-corrected chi connectivity index (χ2v) is 7.51. The quantitative estimate of drug-likeness (QED) is 0.499. The minimum absolute atomic E-state index is 0.0748. The minimum atomic E-state index is -2.93. The summed E-state index contributed by atoms with van der Waals surface area (Å²) in [7, 11) is 0. The molecule has 5 rings (SSSR count). The predicted molar refractivity (Wildman–Crippen MR) is 110 cm³/mol. The first kappa shape index (κ1) is 18.9. The van der Waals surface area contributed by atoms with Gasteiger partial charge in [-0.25, -0.2) is 5.01 Å². The van der Waals surface area contributed by atoms with E-state index >= 15 is 0 Å². The van der Waals surface area contributed by atoms with Gasteiger partial charge in [0.05, 0.1) is 17.3 Å². The Hall–Kier alpha value is -3.12. The number of rotatable bonds is 4. The maximum absolute atomic E-state index is 13.0. The van der Waals surface area contributed by atoms with Crippen molar-refractivity contribution in [2.45, 2.75) is 25.3 Å². The lowest BCUT2D eigenvalue weighted by atomic mass is 9.96. The monoisotopic (exact) mass is 426 g/mol. The number of benzene rings is 3. The molecule has 0 amide bonds. The first-order chi connectivity index (χ1) is 14.6. The molecule has 30 heavy (non-hydrogen) atoms. The molecular weight excluding hydrogens is 410 g/mol. The molecule has 152 valence electrons. The highest BCUT2D eigenvalue weighted by molar-refractivity contribution is 6.30. The third-order valence-electron chi connectivity index (χ3n) is 5.28. The van der Waals surface area contributed by atoms with Crippen LogP contribution in [0.3, 0.4) is 0 Å². The molecule has 7 heteroatoms. The summed E-state index contributed by atoms with van der Waals surface area (Å²) < 4.78 is 36.9. The van der Waals surface area contributed by atoms with E-state index in [1.54, 1.807) is 18.2 Å². The molecule has 0 aromatic heterocycles. The molecule has 3 aromatic rings. The predicted octanol–water partition coefficient (Wildman–Crippen LogP) is 6.18. The molecule has 0 radical (unpaired) electrons. The highest BCUT2D eigenvalue weighted by Crippen LogP contribution is 2.48. The smallest absolute Gasteiger partial charge is 0.387 e. The van der Waals surface area contributed by atoms with Crippen LogP contribution in [0.15, 0.2) is 77.9 Å². The zero-order valence-electron chi connectivity index (χ0n) is 15.7. The molecule has 3 aromatic carbocycles.